The van der Waals surface area contributed by atoms with E-state index in [4.69, 9.17) is 55.5 Å². The van der Waals surface area contributed by atoms with Crippen LogP contribution in [-0.4, -0.2) is 128 Å². The van der Waals surface area contributed by atoms with Gasteiger partial charge in [-0.3, -0.25) is 28.8 Å². The molecule has 35 heteroatoms. The van der Waals surface area contributed by atoms with Crippen LogP contribution in [0.1, 0.15) is 194 Å². The third kappa shape index (κ3) is 50.0. The van der Waals surface area contributed by atoms with Gasteiger partial charge in [-0.25, -0.2) is 33.6 Å². The molecule has 0 amide bonds. The lowest BCUT2D eigenvalue weighted by atomic mass is 10.1. The van der Waals surface area contributed by atoms with Crippen molar-refractivity contribution >= 4 is 175 Å². The summed E-state index contributed by atoms with van der Waals surface area (Å²) in [6.45, 7) is 30.4. The Hall–Kier alpha value is -15.4. The number of benzene rings is 12. The van der Waals surface area contributed by atoms with Gasteiger partial charge in [0.1, 0.15) is 46.8 Å². The number of phenols is 2. The molecule has 0 aliphatic rings. The molecule has 0 atom stereocenters. The van der Waals surface area contributed by atoms with E-state index in [1.807, 2.05) is 168 Å². The first kappa shape index (κ1) is 126. The van der Waals surface area contributed by atoms with Crippen LogP contribution in [0, 0.1) is 10.8 Å². The predicted octanol–water partition coefficient (Wildman–Crippen LogP) is 27.9. The van der Waals surface area contributed by atoms with Gasteiger partial charge < -0.3 is 53.9 Å². The Morgan fingerprint density at radius 1 is 0.389 bits per heavy atom. The number of aromatic hydroxyl groups is 2. The number of hydrogen-bond acceptors (Lipinski definition) is 32. The van der Waals surface area contributed by atoms with E-state index in [0.29, 0.717) is 79.6 Å². The van der Waals surface area contributed by atoms with Crippen molar-refractivity contribution in [3.8, 4) is 28.7 Å². The monoisotopic (exact) mass is 2200 g/mol. The van der Waals surface area contributed by atoms with Gasteiger partial charge in [0, 0.05) is 114 Å². The van der Waals surface area contributed by atoms with Crippen molar-refractivity contribution in [3.63, 3.8) is 0 Å². The highest BCUT2D eigenvalue weighted by molar-refractivity contribution is 9.10. The maximum Gasteiger partial charge on any atom is 0.366 e. The van der Waals surface area contributed by atoms with Crippen LogP contribution in [0.4, 0.5) is 0 Å². The first-order valence-corrected chi connectivity index (χ1v) is 50.4. The number of carboxylic acid groups (broad SMARTS) is 1. The van der Waals surface area contributed by atoms with E-state index in [1.54, 1.807) is 157 Å². The summed E-state index contributed by atoms with van der Waals surface area (Å²) in [6, 6.07) is 83.4. The van der Waals surface area contributed by atoms with Crippen LogP contribution in [-0.2, 0) is 38.3 Å². The lowest BCUT2D eigenvalue weighted by Gasteiger charge is -2.07. The number of Topliss-reactive ketones (excluding diaryl/α,β-unsaturated/α-hetero) is 5. The number of rotatable bonds is 38. The number of allylic oxidation sites excluding steroid dienone is 1. The molecular weight excluding hydrogens is 2090 g/mol. The van der Waals surface area contributed by atoms with Crippen LogP contribution >= 0.6 is 87.2 Å². The Morgan fingerprint density at radius 2 is 0.664 bits per heavy atom. The van der Waals surface area contributed by atoms with Gasteiger partial charge in [-0.2, -0.15) is 0 Å². The second-order valence-electron chi connectivity index (χ2n) is 30.3. The maximum atomic E-state index is 12.8. The number of ketones is 5. The fourth-order valence-electron chi connectivity index (χ4n) is 10.9. The predicted molar refractivity (Wildman–Crippen MR) is 586 cm³/mol. The zero-order chi connectivity index (χ0) is 110. The van der Waals surface area contributed by atoms with E-state index in [1.165, 1.54) is 61.6 Å². The number of carboxylic acids is 1. The summed E-state index contributed by atoms with van der Waals surface area (Å²) >= 11 is 18.2. The van der Waals surface area contributed by atoms with Crippen LogP contribution in [0.3, 0.4) is 0 Å². The normalized spacial score (nSPS) is 10.2. The molecule has 149 heavy (non-hydrogen) atoms. The van der Waals surface area contributed by atoms with Gasteiger partial charge in [0.15, 0.2) is 22.7 Å². The van der Waals surface area contributed by atoms with Crippen LogP contribution in [0.5, 0.6) is 28.7 Å². The second kappa shape index (κ2) is 71.2. The third-order valence-corrected chi connectivity index (χ3v) is 23.7. The summed E-state index contributed by atoms with van der Waals surface area (Å²) in [6.07, 6.45) is 8.23. The van der Waals surface area contributed by atoms with Crippen LogP contribution < -0.4 is 14.2 Å². The van der Waals surface area contributed by atoms with Gasteiger partial charge >= 0.3 is 41.8 Å². The molecule has 776 valence electrons. The Kier molecular flexibility index (Phi) is 60.1. The van der Waals surface area contributed by atoms with E-state index in [2.05, 4.69) is 89.2 Å². The number of halogens is 2. The van der Waals surface area contributed by atoms with Crippen LogP contribution in [0.2, 0.25) is 0 Å². The van der Waals surface area contributed by atoms with Gasteiger partial charge in [0.2, 0.25) is 16.8 Å². The molecule has 0 heterocycles. The third-order valence-electron chi connectivity index (χ3n) is 18.7. The van der Waals surface area contributed by atoms with E-state index in [-0.39, 0.29) is 74.9 Å². The molecular formula is C114H111BrClN3O25S5. The molecule has 4 N–H and O–H groups in total. The maximum absolute atomic E-state index is 12.8. The minimum Gasteiger partial charge on any atom is -0.508 e. The summed E-state index contributed by atoms with van der Waals surface area (Å²) < 4.78 is 26.1. The van der Waals surface area contributed by atoms with Gasteiger partial charge in [-0.05, 0) is 287 Å². The summed E-state index contributed by atoms with van der Waals surface area (Å²) in [5, 5.41) is 43.7. The molecule has 28 nitrogen and oxygen atoms in total. The molecule has 0 saturated carbocycles. The zero-order valence-corrected chi connectivity index (χ0v) is 89.3. The molecule has 0 fully saturated rings. The molecule has 0 unspecified atom stereocenters. The largest absolute Gasteiger partial charge is 0.508 e. The van der Waals surface area contributed by atoms with Gasteiger partial charge in [-0.1, -0.05) is 209 Å². The second-order valence-corrected chi connectivity index (χ2v) is 36.7. The van der Waals surface area contributed by atoms with E-state index in [9.17, 15) is 72.3 Å². The quantitative estimate of drug-likeness (QED) is 0.00195. The van der Waals surface area contributed by atoms with E-state index in [0.717, 1.165) is 95.9 Å². The smallest absolute Gasteiger partial charge is 0.366 e. The molecule has 0 saturated heterocycles. The fourth-order valence-corrected chi connectivity index (χ4v) is 14.6. The number of carbonyl (C=O) groups is 13. The van der Waals surface area contributed by atoms with Gasteiger partial charge in [0.05, 0.1) is 35.5 Å². The Bertz CT molecular complexity index is 6480. The zero-order valence-electron chi connectivity index (χ0n) is 82.8. The number of nitrogens with zero attached hydrogens (tertiary/aromatic N) is 3. The van der Waals surface area contributed by atoms with Crippen molar-refractivity contribution in [3.05, 3.63) is 401 Å². The SMILES string of the molecule is C=CC(=O)Cl.C=CC(=O)Oc1ccc(Sc2ccc(C(=O)/C(C)=N/O)cc2)cc1.C=CC(=O)Oc1ccc(Sc2ccc(C(=O)/C(C)=N/OC(=O)c3ccccc3C(=O)OCCC)cc2)cc1.C=CC(=O)Oc1ccc(Sc2ccc(C(=O)CC)cc2)cc1.CC(C)CCON=O.CCC(=O)c1ccc(Br)cc1.CCC(=O)c1ccc(Sc2ccc(O)cc2)cc1.CCCOC(=O)c1ccccc1C(=O)O.Oc1ccc(S)cc1. The minimum absolute atomic E-state index is 0.00844. The van der Waals surface area contributed by atoms with Gasteiger partial charge in [-0.15, -0.1) is 17.5 Å². The molecule has 0 radical (unpaired) electrons. The van der Waals surface area contributed by atoms with E-state index < -0.39 is 52.8 Å². The topological polar surface area (TPSA) is 422 Å². The Balaban J connectivity index is 0.000000369. The van der Waals surface area contributed by atoms with E-state index >= 15 is 0 Å². The average Bonchev–Trinajstić information content (AvgIpc) is 0.837. The van der Waals surface area contributed by atoms with Crippen molar-refractivity contribution in [2.45, 2.75) is 145 Å². The molecule has 0 aliphatic carbocycles. The molecule has 0 bridgehead atoms. The van der Waals surface area contributed by atoms with Crippen molar-refractivity contribution in [1.82, 2.24) is 0 Å². The Labute approximate surface area is 900 Å². The van der Waals surface area contributed by atoms with Crippen molar-refractivity contribution in [1.29, 1.82) is 0 Å². The minimum atomic E-state index is -1.13. The van der Waals surface area contributed by atoms with Crippen molar-refractivity contribution in [2.24, 2.45) is 21.6 Å². The lowest BCUT2D eigenvalue weighted by Crippen LogP contribution is -2.15. The first-order chi connectivity index (χ1) is 71.4. The fraction of sp³-hybridized carbons (Fsp3) is 0.167. The number of esters is 5. The molecule has 12 aromatic carbocycles. The highest BCUT2D eigenvalue weighted by atomic mass is 79.9. The standard InChI is InChI=1S/C29H25NO7S.C18H15NO4S.C18H16O3S.C15H14O2S.C11H12O4.C9H9BrO.C6H6OS.C5H11NO2.C3H3ClO/c1-4-18-35-28(33)24-8-6-7-9-25(24)29(34)37-30-19(3)27(32)20-10-14-22(15-11-20)38-23-16-12-21(13-17-23)36-26(31)5-2;1-3-17(20)23-14-6-10-16(11-7-14)24-15-8-4-13(5-9-15)18(21)12(2)19-22;1-3-17(19)13-5-9-15(10-6-13)22-16-11-7-14(8-12-16)21-18(20)4-2;1-2-15(17)11-3-7-13(8-4-11)18-14-9-5-12(16)6-10-14;1-2-7-15-11(14)9-6-4-3-5-8(9)10(12)13;1-2-9(11)7-3-5-8(10)6-4-7;7-5-1-3-6(8)4-2-5;1-5(2)3-4-8-6-7;1-2-3(4)5/h5-17H,2,4,18H2,1,3H3;3-11,22H,1H2,2H3;4-12H,2-3H2,1H3;3-10,16H,2H2,1H3;3-6H,2,7H2,1H3,(H,12,13);3-6H,2H2,1H3;1-4,7-8H;5H,3-4H2,1-2H3;2H,1H2/b30-19+;19-12+;;;;;;;. The first-order valence-electron chi connectivity index (χ1n) is 45.5. The highest BCUT2D eigenvalue weighted by Gasteiger charge is 2.22. The number of ether oxygens (including phenoxy) is 5. The molecule has 0 aromatic heterocycles. The number of oxime groups is 2. The van der Waals surface area contributed by atoms with Crippen LogP contribution in [0.15, 0.2) is 406 Å². The molecule has 0 aliphatic heterocycles. The summed E-state index contributed by atoms with van der Waals surface area (Å²) in [5.41, 5.74) is 3.23. The number of aromatic carboxylic acids is 1. The average molecular weight is 2200 g/mol. The number of phenolic OH excluding ortho intramolecular Hbond substituents is 2. The van der Waals surface area contributed by atoms with Crippen molar-refractivity contribution in [2.75, 3.05) is 19.8 Å². The summed E-state index contributed by atoms with van der Waals surface area (Å²) in [4.78, 5) is 176. The number of carbonyl (C=O) groups excluding carboxylic acids is 12. The molecule has 0 spiro atoms. The number of thiol groups is 1. The number of hydrogen-bond donors (Lipinski definition) is 5. The molecule has 12 aromatic rings. The Morgan fingerprint density at radius 3 is 0.940 bits per heavy atom. The van der Waals surface area contributed by atoms with Crippen LogP contribution in [0.25, 0.3) is 0 Å². The molecule has 12 rings (SSSR count). The van der Waals surface area contributed by atoms with Gasteiger partial charge in [0.25, 0.3) is 0 Å². The summed E-state index contributed by atoms with van der Waals surface area (Å²) in [7, 11) is 0. The highest BCUT2D eigenvalue weighted by Crippen LogP contribution is 2.34. The summed E-state index contributed by atoms with van der Waals surface area (Å²) in [5.74, 6) is -2.50. The van der Waals surface area contributed by atoms with Crippen molar-refractivity contribution < 1.29 is 116 Å². The lowest BCUT2D eigenvalue weighted by molar-refractivity contribution is -0.129.